The van der Waals surface area contributed by atoms with Crippen LogP contribution in [-0.2, 0) is 0 Å². The van der Waals surface area contributed by atoms with E-state index in [4.69, 9.17) is 4.74 Å². The summed E-state index contributed by atoms with van der Waals surface area (Å²) in [6.07, 6.45) is 1.58. The van der Waals surface area contributed by atoms with Gasteiger partial charge in [-0.05, 0) is 42.5 Å². The predicted molar refractivity (Wildman–Crippen MR) is 82.6 cm³/mol. The van der Waals surface area contributed by atoms with E-state index in [2.05, 4.69) is 20.9 Å². The molecule has 0 atom stereocenters. The molecule has 0 amide bonds. The zero-order valence-electron chi connectivity index (χ0n) is 10.7. The Hall–Kier alpha value is -2.47. The van der Waals surface area contributed by atoms with Crippen molar-refractivity contribution >= 4 is 32.5 Å². The van der Waals surface area contributed by atoms with Crippen molar-refractivity contribution in [3.05, 3.63) is 69.3 Å². The highest BCUT2D eigenvalue weighted by atomic mass is 79.9. The Morgan fingerprint density at radius 1 is 1.10 bits per heavy atom. The van der Waals surface area contributed by atoms with Crippen LogP contribution in [0.3, 0.4) is 0 Å². The van der Waals surface area contributed by atoms with Crippen molar-refractivity contribution in [1.82, 2.24) is 4.98 Å². The number of nitrogens with zero attached hydrogens (tertiary/aromatic N) is 2. The number of hydrogen-bond acceptors (Lipinski definition) is 4. The van der Waals surface area contributed by atoms with E-state index in [9.17, 15) is 10.1 Å². The van der Waals surface area contributed by atoms with Gasteiger partial charge in [0.25, 0.3) is 5.69 Å². The van der Waals surface area contributed by atoms with E-state index in [0.717, 1.165) is 4.47 Å². The van der Waals surface area contributed by atoms with Crippen molar-refractivity contribution in [3.63, 3.8) is 0 Å². The summed E-state index contributed by atoms with van der Waals surface area (Å²) in [6.45, 7) is 0. The van der Waals surface area contributed by atoms with Crippen molar-refractivity contribution < 1.29 is 9.66 Å². The van der Waals surface area contributed by atoms with Crippen LogP contribution in [-0.4, -0.2) is 9.91 Å². The molecule has 21 heavy (non-hydrogen) atoms. The molecule has 0 bridgehead atoms. The highest BCUT2D eigenvalue weighted by molar-refractivity contribution is 9.10. The van der Waals surface area contributed by atoms with Crippen molar-refractivity contribution in [2.24, 2.45) is 0 Å². The first-order chi connectivity index (χ1) is 10.1. The maximum atomic E-state index is 11.1. The Morgan fingerprint density at radius 2 is 1.86 bits per heavy atom. The summed E-state index contributed by atoms with van der Waals surface area (Å²) in [5.74, 6) is 1.12. The van der Waals surface area contributed by atoms with Gasteiger partial charge in [0.05, 0.1) is 10.3 Å². The van der Waals surface area contributed by atoms with Gasteiger partial charge in [-0.1, -0.05) is 15.9 Å². The van der Waals surface area contributed by atoms with Gasteiger partial charge in [0, 0.05) is 16.7 Å². The number of fused-ring (bicyclic) bond motifs is 1. The molecular formula is C15H9BrN2O3. The molecule has 0 radical (unpaired) electrons. The van der Waals surface area contributed by atoms with Gasteiger partial charge in [0.15, 0.2) is 5.75 Å². The summed E-state index contributed by atoms with van der Waals surface area (Å²) in [5, 5.41) is 11.5. The van der Waals surface area contributed by atoms with E-state index in [1.807, 2.05) is 12.1 Å². The minimum atomic E-state index is -0.423. The second-order valence-corrected chi connectivity index (χ2v) is 5.21. The monoisotopic (exact) mass is 344 g/mol. The second kappa shape index (κ2) is 5.49. The average molecular weight is 345 g/mol. The molecule has 104 valence electrons. The number of nitro benzene ring substituents is 1. The lowest BCUT2D eigenvalue weighted by Gasteiger charge is -2.08. The Bertz CT molecular complexity index is 819. The second-order valence-electron chi connectivity index (χ2n) is 4.30. The zero-order valence-corrected chi connectivity index (χ0v) is 12.3. The number of ether oxygens (including phenoxy) is 1. The minimum Gasteiger partial charge on any atom is -0.455 e. The molecule has 0 fully saturated rings. The van der Waals surface area contributed by atoms with Crippen LogP contribution in [0.1, 0.15) is 0 Å². The van der Waals surface area contributed by atoms with E-state index in [1.165, 1.54) is 6.07 Å². The maximum Gasteiger partial charge on any atom is 0.279 e. The third-order valence-corrected chi connectivity index (χ3v) is 3.48. The molecule has 0 saturated carbocycles. The summed E-state index contributed by atoms with van der Waals surface area (Å²) < 4.78 is 6.72. The van der Waals surface area contributed by atoms with Gasteiger partial charge in [0.1, 0.15) is 11.3 Å². The van der Waals surface area contributed by atoms with Crippen molar-refractivity contribution in [3.8, 4) is 11.5 Å². The summed E-state index contributed by atoms with van der Waals surface area (Å²) in [6, 6.07) is 13.6. The molecule has 0 unspecified atom stereocenters. The molecular weight excluding hydrogens is 336 g/mol. The van der Waals surface area contributed by atoms with E-state index in [1.54, 1.807) is 36.5 Å². The summed E-state index contributed by atoms with van der Waals surface area (Å²) in [4.78, 5) is 14.8. The highest BCUT2D eigenvalue weighted by Gasteiger charge is 2.16. The number of non-ortho nitro benzene ring substituents is 1. The number of benzene rings is 2. The fourth-order valence-electron chi connectivity index (χ4n) is 2.00. The Labute approximate surface area is 128 Å². The number of rotatable bonds is 3. The van der Waals surface area contributed by atoms with Gasteiger partial charge < -0.3 is 4.74 Å². The van der Waals surface area contributed by atoms with Crippen LogP contribution in [0.25, 0.3) is 10.9 Å². The molecule has 0 saturated heterocycles. The molecule has 5 nitrogen and oxygen atoms in total. The van der Waals surface area contributed by atoms with Crippen LogP contribution < -0.4 is 4.74 Å². The van der Waals surface area contributed by atoms with Crippen LogP contribution in [0.5, 0.6) is 11.5 Å². The standard InChI is InChI=1S/C15H9BrN2O3/c16-10-3-5-11(6-4-10)21-14-8-7-13(18(19)20)12-2-1-9-17-15(12)14/h1-9H. The van der Waals surface area contributed by atoms with Gasteiger partial charge in [0.2, 0.25) is 0 Å². The summed E-state index contributed by atoms with van der Waals surface area (Å²) in [5.41, 5.74) is 0.482. The molecule has 6 heteroatoms. The molecule has 0 spiro atoms. The van der Waals surface area contributed by atoms with Crippen LogP contribution >= 0.6 is 15.9 Å². The van der Waals surface area contributed by atoms with Crippen LogP contribution in [0.2, 0.25) is 0 Å². The van der Waals surface area contributed by atoms with Gasteiger partial charge >= 0.3 is 0 Å². The fourth-order valence-corrected chi connectivity index (χ4v) is 2.27. The molecule has 2 aromatic carbocycles. The number of halogens is 1. The van der Waals surface area contributed by atoms with Gasteiger partial charge in [-0.15, -0.1) is 0 Å². The smallest absolute Gasteiger partial charge is 0.279 e. The zero-order chi connectivity index (χ0) is 14.8. The van der Waals surface area contributed by atoms with Gasteiger partial charge in [-0.2, -0.15) is 0 Å². The molecule has 1 heterocycles. The number of pyridine rings is 1. The van der Waals surface area contributed by atoms with Crippen LogP contribution in [0, 0.1) is 10.1 Å². The van der Waals surface area contributed by atoms with Crippen LogP contribution in [0.4, 0.5) is 5.69 Å². The normalized spacial score (nSPS) is 10.5. The molecule has 0 N–H and O–H groups in total. The van der Waals surface area contributed by atoms with E-state index < -0.39 is 4.92 Å². The Balaban J connectivity index is 2.09. The van der Waals surface area contributed by atoms with E-state index in [-0.39, 0.29) is 5.69 Å². The van der Waals surface area contributed by atoms with Crippen LogP contribution in [0.15, 0.2) is 59.2 Å². The first-order valence-corrected chi connectivity index (χ1v) is 6.90. The SMILES string of the molecule is O=[N+]([O-])c1ccc(Oc2ccc(Br)cc2)c2ncccc12. The molecule has 0 aliphatic carbocycles. The minimum absolute atomic E-state index is 0.0151. The quantitative estimate of drug-likeness (QED) is 0.510. The third kappa shape index (κ3) is 2.71. The largest absolute Gasteiger partial charge is 0.455 e. The maximum absolute atomic E-state index is 11.1. The Morgan fingerprint density at radius 3 is 2.57 bits per heavy atom. The number of hydrogen-bond donors (Lipinski definition) is 0. The average Bonchev–Trinajstić information content (AvgIpc) is 2.49. The first-order valence-electron chi connectivity index (χ1n) is 6.11. The lowest BCUT2D eigenvalue weighted by Crippen LogP contribution is -1.93. The lowest BCUT2D eigenvalue weighted by molar-refractivity contribution is -0.383. The van der Waals surface area contributed by atoms with Gasteiger partial charge in [-0.3, -0.25) is 15.1 Å². The summed E-state index contributed by atoms with van der Waals surface area (Å²) in [7, 11) is 0. The fraction of sp³-hybridized carbons (Fsp3) is 0. The molecule has 1 aromatic heterocycles. The lowest BCUT2D eigenvalue weighted by atomic mass is 10.1. The molecule has 3 rings (SSSR count). The predicted octanol–water partition coefficient (Wildman–Crippen LogP) is 4.70. The number of aromatic nitrogens is 1. The third-order valence-electron chi connectivity index (χ3n) is 2.95. The first kappa shape index (κ1) is 13.5. The highest BCUT2D eigenvalue weighted by Crippen LogP contribution is 2.34. The van der Waals surface area contributed by atoms with E-state index >= 15 is 0 Å². The van der Waals surface area contributed by atoms with Crippen molar-refractivity contribution in [1.29, 1.82) is 0 Å². The molecule has 0 aliphatic rings. The van der Waals surface area contributed by atoms with Crippen molar-refractivity contribution in [2.45, 2.75) is 0 Å². The molecule has 0 aliphatic heterocycles. The topological polar surface area (TPSA) is 65.3 Å². The van der Waals surface area contributed by atoms with Gasteiger partial charge in [-0.25, -0.2) is 0 Å². The molecule has 3 aromatic rings. The summed E-state index contributed by atoms with van der Waals surface area (Å²) >= 11 is 3.35. The number of nitro groups is 1. The van der Waals surface area contributed by atoms with Crippen molar-refractivity contribution in [2.75, 3.05) is 0 Å². The van der Waals surface area contributed by atoms with E-state index in [0.29, 0.717) is 22.4 Å². The Kier molecular flexibility index (Phi) is 3.53.